The molecule has 0 aromatic carbocycles. The van der Waals surface area contributed by atoms with E-state index in [4.69, 9.17) is 5.11 Å². The summed E-state index contributed by atoms with van der Waals surface area (Å²) in [4.78, 5) is 23.9. The third-order valence-corrected chi connectivity index (χ3v) is 4.12. The number of amides is 1. The monoisotopic (exact) mass is 329 g/mol. The molecule has 136 valence electrons. The Morgan fingerprint density at radius 3 is 2.13 bits per heavy atom. The predicted molar refractivity (Wildman–Crippen MR) is 92.4 cm³/mol. The first-order valence-corrected chi connectivity index (χ1v) is 9.12. The van der Waals surface area contributed by atoms with Crippen LogP contribution in [0, 0.1) is 0 Å². The number of carboxylic acids is 1. The molecule has 0 heterocycles. The summed E-state index contributed by atoms with van der Waals surface area (Å²) >= 11 is 0. The molecule has 0 fully saturated rings. The molecule has 0 bridgehead atoms. The number of rotatable bonds is 15. The lowest BCUT2D eigenvalue weighted by Crippen LogP contribution is -2.31. The van der Waals surface area contributed by atoms with Gasteiger partial charge in [0, 0.05) is 26.4 Å². The summed E-state index contributed by atoms with van der Waals surface area (Å²) in [5.41, 5.74) is 0. The van der Waals surface area contributed by atoms with Gasteiger partial charge in [-0.15, -0.1) is 0 Å². The highest BCUT2D eigenvalue weighted by atomic mass is 16.4. The lowest BCUT2D eigenvalue weighted by Gasteiger charge is -2.21. The lowest BCUT2D eigenvalue weighted by molar-refractivity contribution is -0.137. The molecular weight excluding hydrogens is 294 g/mol. The van der Waals surface area contributed by atoms with Crippen LogP contribution in [0.3, 0.4) is 0 Å². The minimum atomic E-state index is -0.743. The van der Waals surface area contributed by atoms with Crippen molar-refractivity contribution in [2.24, 2.45) is 0 Å². The van der Waals surface area contributed by atoms with Crippen LogP contribution in [0.1, 0.15) is 84.5 Å². The minimum Gasteiger partial charge on any atom is -0.481 e. The molecular formula is C18H35NO4. The van der Waals surface area contributed by atoms with E-state index in [0.717, 1.165) is 57.9 Å². The third-order valence-electron chi connectivity index (χ3n) is 4.12. The molecule has 5 nitrogen and oxygen atoms in total. The van der Waals surface area contributed by atoms with Crippen molar-refractivity contribution in [2.75, 3.05) is 13.1 Å². The van der Waals surface area contributed by atoms with Crippen LogP contribution in [-0.4, -0.2) is 46.2 Å². The van der Waals surface area contributed by atoms with Crippen LogP contribution in [0.2, 0.25) is 0 Å². The number of carboxylic acid groups (broad SMARTS) is 1. The van der Waals surface area contributed by atoms with Crippen LogP contribution < -0.4 is 0 Å². The van der Waals surface area contributed by atoms with Gasteiger partial charge in [0.05, 0.1) is 6.10 Å². The van der Waals surface area contributed by atoms with Crippen molar-refractivity contribution in [2.45, 2.75) is 90.6 Å². The fraction of sp³-hybridized carbons (Fsp3) is 0.889. The summed E-state index contributed by atoms with van der Waals surface area (Å²) in [5.74, 6) is -0.663. The Kier molecular flexibility index (Phi) is 13.8. The number of unbranched alkanes of at least 4 members (excludes halogenated alkanes) is 5. The van der Waals surface area contributed by atoms with Crippen molar-refractivity contribution in [3.8, 4) is 0 Å². The van der Waals surface area contributed by atoms with Crippen LogP contribution in [0.5, 0.6) is 0 Å². The molecule has 0 saturated carbocycles. The topological polar surface area (TPSA) is 77.8 Å². The second-order valence-electron chi connectivity index (χ2n) is 6.36. The standard InChI is InChI=1S/C18H35NO4/c1-3-4-7-11-17(21)12-10-15-19(16(2)20)14-9-6-5-8-13-18(22)23/h17,21H,3-15H2,1-2H3,(H,22,23). The van der Waals surface area contributed by atoms with Crippen LogP contribution >= 0.6 is 0 Å². The molecule has 0 aliphatic carbocycles. The van der Waals surface area contributed by atoms with E-state index < -0.39 is 5.97 Å². The quantitative estimate of drug-likeness (QED) is 0.450. The number of hydrogen-bond donors (Lipinski definition) is 2. The maximum absolute atomic E-state index is 11.6. The average Bonchev–Trinajstić information content (AvgIpc) is 2.48. The van der Waals surface area contributed by atoms with Gasteiger partial charge in [-0.1, -0.05) is 39.0 Å². The zero-order valence-corrected chi connectivity index (χ0v) is 14.9. The van der Waals surface area contributed by atoms with Crippen LogP contribution in [0.25, 0.3) is 0 Å². The number of aliphatic hydroxyl groups is 1. The Bertz CT molecular complexity index is 320. The molecule has 0 rings (SSSR count). The molecule has 5 heteroatoms. The summed E-state index contributed by atoms with van der Waals surface area (Å²) in [6.07, 6.45) is 9.32. The fourth-order valence-electron chi connectivity index (χ4n) is 2.65. The first kappa shape index (κ1) is 21.9. The third kappa shape index (κ3) is 14.2. The van der Waals surface area contributed by atoms with Gasteiger partial charge in [0.15, 0.2) is 0 Å². The molecule has 0 spiro atoms. The molecule has 0 aliphatic heterocycles. The number of nitrogens with zero attached hydrogens (tertiary/aromatic N) is 1. The van der Waals surface area contributed by atoms with Crippen molar-refractivity contribution in [3.63, 3.8) is 0 Å². The molecule has 0 radical (unpaired) electrons. The van der Waals surface area contributed by atoms with Crippen molar-refractivity contribution in [3.05, 3.63) is 0 Å². The van der Waals surface area contributed by atoms with E-state index in [1.54, 1.807) is 6.92 Å². The van der Waals surface area contributed by atoms with Crippen molar-refractivity contribution in [1.82, 2.24) is 4.90 Å². The SMILES string of the molecule is CCCCCC(O)CCCN(CCCCCCC(=O)O)C(C)=O. The van der Waals surface area contributed by atoms with Gasteiger partial charge in [-0.25, -0.2) is 0 Å². The van der Waals surface area contributed by atoms with Gasteiger partial charge in [-0.3, -0.25) is 9.59 Å². The molecule has 0 aromatic rings. The maximum atomic E-state index is 11.6. The lowest BCUT2D eigenvalue weighted by atomic mass is 10.1. The Balaban J connectivity index is 3.73. The van der Waals surface area contributed by atoms with Crippen LogP contribution in [0.15, 0.2) is 0 Å². The van der Waals surface area contributed by atoms with Gasteiger partial charge in [-0.05, 0) is 32.1 Å². The van der Waals surface area contributed by atoms with E-state index in [2.05, 4.69) is 6.92 Å². The number of hydrogen-bond acceptors (Lipinski definition) is 3. The van der Waals surface area contributed by atoms with E-state index in [9.17, 15) is 14.7 Å². The molecule has 0 saturated heterocycles. The maximum Gasteiger partial charge on any atom is 0.303 e. The van der Waals surface area contributed by atoms with E-state index >= 15 is 0 Å². The second-order valence-corrected chi connectivity index (χ2v) is 6.36. The smallest absolute Gasteiger partial charge is 0.303 e. The van der Waals surface area contributed by atoms with Gasteiger partial charge in [0.1, 0.15) is 0 Å². The highest BCUT2D eigenvalue weighted by Crippen LogP contribution is 2.10. The number of carbonyl (C=O) groups excluding carboxylic acids is 1. The Hall–Kier alpha value is -1.10. The van der Waals surface area contributed by atoms with Crippen LogP contribution in [0.4, 0.5) is 0 Å². The minimum absolute atomic E-state index is 0.0796. The first-order valence-electron chi connectivity index (χ1n) is 9.12. The number of carbonyl (C=O) groups is 2. The zero-order valence-electron chi connectivity index (χ0n) is 14.9. The molecule has 2 N–H and O–H groups in total. The Morgan fingerprint density at radius 1 is 0.913 bits per heavy atom. The Labute approximate surface area is 141 Å². The van der Waals surface area contributed by atoms with Crippen molar-refractivity contribution in [1.29, 1.82) is 0 Å². The molecule has 0 aliphatic rings. The summed E-state index contributed by atoms with van der Waals surface area (Å²) in [7, 11) is 0. The van der Waals surface area contributed by atoms with Gasteiger partial charge in [-0.2, -0.15) is 0 Å². The van der Waals surface area contributed by atoms with Crippen molar-refractivity contribution < 1.29 is 19.8 Å². The van der Waals surface area contributed by atoms with Crippen LogP contribution in [-0.2, 0) is 9.59 Å². The van der Waals surface area contributed by atoms with Gasteiger partial charge < -0.3 is 15.1 Å². The summed E-state index contributed by atoms with van der Waals surface area (Å²) < 4.78 is 0. The largest absolute Gasteiger partial charge is 0.481 e. The summed E-state index contributed by atoms with van der Waals surface area (Å²) in [5, 5.41) is 18.5. The summed E-state index contributed by atoms with van der Waals surface area (Å²) in [6, 6.07) is 0. The zero-order chi connectivity index (χ0) is 17.5. The molecule has 1 atom stereocenters. The molecule has 23 heavy (non-hydrogen) atoms. The van der Waals surface area contributed by atoms with Gasteiger partial charge in [0.25, 0.3) is 0 Å². The predicted octanol–water partition coefficient (Wildman–Crippen LogP) is 3.59. The molecule has 0 aromatic heterocycles. The average molecular weight is 329 g/mol. The Morgan fingerprint density at radius 2 is 1.52 bits per heavy atom. The summed E-state index contributed by atoms with van der Waals surface area (Å²) in [6.45, 7) is 5.17. The molecule has 1 amide bonds. The molecule has 1 unspecified atom stereocenters. The second kappa shape index (κ2) is 14.5. The number of aliphatic hydroxyl groups excluding tert-OH is 1. The highest BCUT2D eigenvalue weighted by Gasteiger charge is 2.10. The fourth-order valence-corrected chi connectivity index (χ4v) is 2.65. The first-order chi connectivity index (χ1) is 11.0. The van der Waals surface area contributed by atoms with E-state index in [1.165, 1.54) is 6.42 Å². The van der Waals surface area contributed by atoms with E-state index in [0.29, 0.717) is 13.0 Å². The highest BCUT2D eigenvalue weighted by molar-refractivity contribution is 5.73. The van der Waals surface area contributed by atoms with Gasteiger partial charge >= 0.3 is 5.97 Å². The van der Waals surface area contributed by atoms with Gasteiger partial charge in [0.2, 0.25) is 5.91 Å². The number of aliphatic carboxylic acids is 1. The normalized spacial score (nSPS) is 12.1. The van der Waals surface area contributed by atoms with E-state index in [1.807, 2.05) is 4.90 Å². The van der Waals surface area contributed by atoms with E-state index in [-0.39, 0.29) is 18.4 Å². The van der Waals surface area contributed by atoms with Crippen molar-refractivity contribution >= 4 is 11.9 Å².